The highest BCUT2D eigenvalue weighted by Crippen LogP contribution is 2.14. The Kier molecular flexibility index (Phi) is 5.86. The molecule has 1 unspecified atom stereocenters. The molecule has 3 heteroatoms. The lowest BCUT2D eigenvalue weighted by atomic mass is 10.0. The fourth-order valence-corrected chi connectivity index (χ4v) is 1.51. The number of rotatable bonds is 6. The molecule has 3 nitrogen and oxygen atoms in total. The molecule has 0 aliphatic rings. The predicted octanol–water partition coefficient (Wildman–Crippen LogP) is 2.96. The van der Waals surface area contributed by atoms with E-state index in [-0.39, 0.29) is 12.1 Å². The van der Waals surface area contributed by atoms with Crippen molar-refractivity contribution in [1.29, 1.82) is 0 Å². The van der Waals surface area contributed by atoms with Crippen LogP contribution in [0.15, 0.2) is 24.3 Å². The molecule has 0 aliphatic heterocycles. The first-order chi connectivity index (χ1) is 8.54. The Balaban J connectivity index is 2.67. The minimum absolute atomic E-state index is 0.205. The van der Waals surface area contributed by atoms with E-state index in [1.165, 1.54) is 7.11 Å². The van der Waals surface area contributed by atoms with Gasteiger partial charge >= 0.3 is 5.97 Å². The second-order valence-corrected chi connectivity index (χ2v) is 4.78. The van der Waals surface area contributed by atoms with Crippen molar-refractivity contribution in [3.8, 4) is 0 Å². The van der Waals surface area contributed by atoms with Gasteiger partial charge in [0, 0.05) is 0 Å². The molecule has 0 aliphatic carbocycles. The van der Waals surface area contributed by atoms with Gasteiger partial charge in [-0.05, 0) is 24.0 Å². The number of ether oxygens (including phenoxy) is 2. The van der Waals surface area contributed by atoms with Gasteiger partial charge in [0.05, 0.1) is 26.2 Å². The molecule has 0 N–H and O–H groups in total. The van der Waals surface area contributed by atoms with Crippen LogP contribution in [-0.4, -0.2) is 19.2 Å². The topological polar surface area (TPSA) is 35.5 Å². The van der Waals surface area contributed by atoms with E-state index in [0.29, 0.717) is 18.9 Å². The molecule has 0 saturated heterocycles. The third-order valence-corrected chi connectivity index (χ3v) is 3.12. The number of hydrogen-bond acceptors (Lipinski definition) is 3. The summed E-state index contributed by atoms with van der Waals surface area (Å²) >= 11 is 0. The number of carbonyl (C=O) groups excluding carboxylic acids is 1. The normalized spacial score (nSPS) is 12.5. The van der Waals surface area contributed by atoms with Gasteiger partial charge < -0.3 is 9.47 Å². The third kappa shape index (κ3) is 4.49. The van der Waals surface area contributed by atoms with Crippen LogP contribution in [0.1, 0.15) is 31.9 Å². The summed E-state index contributed by atoms with van der Waals surface area (Å²) in [4.78, 5) is 11.3. The molecule has 0 fully saturated rings. The summed E-state index contributed by atoms with van der Waals surface area (Å²) in [5.74, 6) is 0.261. The van der Waals surface area contributed by atoms with Crippen molar-refractivity contribution >= 4 is 5.97 Å². The Morgan fingerprint density at radius 2 is 1.78 bits per heavy atom. The lowest BCUT2D eigenvalue weighted by Gasteiger charge is -2.17. The quantitative estimate of drug-likeness (QED) is 0.728. The van der Waals surface area contributed by atoms with Crippen molar-refractivity contribution in [3.05, 3.63) is 35.4 Å². The van der Waals surface area contributed by atoms with Crippen LogP contribution in [0, 0.1) is 5.92 Å². The summed E-state index contributed by atoms with van der Waals surface area (Å²) in [6.07, 6.45) is 0.503. The maximum atomic E-state index is 11.3. The van der Waals surface area contributed by atoms with E-state index in [1.54, 1.807) is 0 Å². The van der Waals surface area contributed by atoms with Crippen LogP contribution in [0.4, 0.5) is 0 Å². The fraction of sp³-hybridized carbons (Fsp3) is 0.533. The molecule has 1 atom stereocenters. The summed E-state index contributed by atoms with van der Waals surface area (Å²) in [6, 6.07) is 7.81. The van der Waals surface area contributed by atoms with Crippen molar-refractivity contribution < 1.29 is 14.3 Å². The lowest BCUT2D eigenvalue weighted by molar-refractivity contribution is -0.139. The molecule has 0 amide bonds. The summed E-state index contributed by atoms with van der Waals surface area (Å²) in [5, 5.41) is 0. The van der Waals surface area contributed by atoms with Gasteiger partial charge in [-0.2, -0.15) is 0 Å². The molecule has 1 aromatic carbocycles. The molecule has 0 spiro atoms. The monoisotopic (exact) mass is 250 g/mol. The highest BCUT2D eigenvalue weighted by atomic mass is 16.5. The molecule has 1 rings (SSSR count). The molecule has 0 bridgehead atoms. The van der Waals surface area contributed by atoms with Crippen LogP contribution in [0.3, 0.4) is 0 Å². The number of methoxy groups -OCH3 is 1. The van der Waals surface area contributed by atoms with E-state index < -0.39 is 0 Å². The zero-order chi connectivity index (χ0) is 13.5. The van der Waals surface area contributed by atoms with Crippen LogP contribution in [-0.2, 0) is 27.3 Å². The molecular formula is C15H22O3. The van der Waals surface area contributed by atoms with E-state index in [9.17, 15) is 4.79 Å². The fourth-order valence-electron chi connectivity index (χ4n) is 1.51. The van der Waals surface area contributed by atoms with Crippen molar-refractivity contribution in [3.63, 3.8) is 0 Å². The third-order valence-electron chi connectivity index (χ3n) is 3.12. The molecule has 100 valence electrons. The van der Waals surface area contributed by atoms with Crippen molar-refractivity contribution in [2.75, 3.05) is 7.11 Å². The zero-order valence-corrected chi connectivity index (χ0v) is 11.6. The molecule has 0 saturated carbocycles. The highest BCUT2D eigenvalue weighted by Gasteiger charge is 2.11. The lowest BCUT2D eigenvalue weighted by Crippen LogP contribution is -2.16. The second kappa shape index (κ2) is 7.17. The zero-order valence-electron chi connectivity index (χ0n) is 11.6. The standard InChI is InChI=1S/C15H22O3/c1-11(2)12(3)18-10-14-8-6-5-7-13(14)9-15(16)17-4/h5-8,11-12H,9-10H2,1-4H3. The average molecular weight is 250 g/mol. The van der Waals surface area contributed by atoms with Crippen LogP contribution in [0.2, 0.25) is 0 Å². The smallest absolute Gasteiger partial charge is 0.309 e. The highest BCUT2D eigenvalue weighted by molar-refractivity contribution is 5.72. The van der Waals surface area contributed by atoms with Gasteiger partial charge in [0.15, 0.2) is 0 Å². The molecule has 0 heterocycles. The molecule has 0 radical (unpaired) electrons. The Bertz CT molecular complexity index is 385. The van der Waals surface area contributed by atoms with Gasteiger partial charge in [-0.3, -0.25) is 4.79 Å². The van der Waals surface area contributed by atoms with Crippen molar-refractivity contribution in [2.24, 2.45) is 5.92 Å². The minimum atomic E-state index is -0.223. The predicted molar refractivity (Wildman–Crippen MR) is 71.3 cm³/mol. The molecule has 1 aromatic rings. The Hall–Kier alpha value is -1.35. The van der Waals surface area contributed by atoms with Gasteiger partial charge in [0.1, 0.15) is 0 Å². The number of carbonyl (C=O) groups is 1. The van der Waals surface area contributed by atoms with Crippen LogP contribution < -0.4 is 0 Å². The minimum Gasteiger partial charge on any atom is -0.469 e. The number of esters is 1. The van der Waals surface area contributed by atoms with Crippen LogP contribution in [0.5, 0.6) is 0 Å². The van der Waals surface area contributed by atoms with E-state index in [0.717, 1.165) is 11.1 Å². The number of benzene rings is 1. The summed E-state index contributed by atoms with van der Waals surface area (Å²) in [6.45, 7) is 6.86. The molecule has 18 heavy (non-hydrogen) atoms. The van der Waals surface area contributed by atoms with Gasteiger partial charge in [-0.15, -0.1) is 0 Å². The first-order valence-electron chi connectivity index (χ1n) is 6.29. The van der Waals surface area contributed by atoms with E-state index in [2.05, 4.69) is 20.8 Å². The van der Waals surface area contributed by atoms with E-state index >= 15 is 0 Å². The summed E-state index contributed by atoms with van der Waals surface area (Å²) < 4.78 is 10.5. The van der Waals surface area contributed by atoms with Crippen molar-refractivity contribution in [1.82, 2.24) is 0 Å². The first kappa shape index (κ1) is 14.7. The number of hydrogen-bond donors (Lipinski definition) is 0. The SMILES string of the molecule is COC(=O)Cc1ccccc1COC(C)C(C)C. The summed E-state index contributed by atoms with van der Waals surface area (Å²) in [5.41, 5.74) is 2.02. The largest absolute Gasteiger partial charge is 0.469 e. The Morgan fingerprint density at radius 1 is 1.17 bits per heavy atom. The van der Waals surface area contributed by atoms with Crippen molar-refractivity contribution in [2.45, 2.75) is 39.9 Å². The van der Waals surface area contributed by atoms with Gasteiger partial charge in [0.25, 0.3) is 0 Å². The maximum absolute atomic E-state index is 11.3. The second-order valence-electron chi connectivity index (χ2n) is 4.78. The Labute approximate surface area is 109 Å². The van der Waals surface area contributed by atoms with Gasteiger partial charge in [-0.25, -0.2) is 0 Å². The molecular weight excluding hydrogens is 228 g/mol. The van der Waals surface area contributed by atoms with Crippen LogP contribution in [0.25, 0.3) is 0 Å². The Morgan fingerprint density at radius 3 is 2.33 bits per heavy atom. The van der Waals surface area contributed by atoms with Gasteiger partial charge in [0.2, 0.25) is 0 Å². The average Bonchev–Trinajstić information content (AvgIpc) is 2.37. The van der Waals surface area contributed by atoms with Crippen LogP contribution >= 0.6 is 0 Å². The van der Waals surface area contributed by atoms with E-state index in [4.69, 9.17) is 9.47 Å². The first-order valence-corrected chi connectivity index (χ1v) is 6.29. The maximum Gasteiger partial charge on any atom is 0.309 e. The van der Waals surface area contributed by atoms with Gasteiger partial charge in [-0.1, -0.05) is 38.1 Å². The molecule has 0 aromatic heterocycles. The summed E-state index contributed by atoms with van der Waals surface area (Å²) in [7, 11) is 1.41. The van der Waals surface area contributed by atoms with E-state index in [1.807, 2.05) is 24.3 Å².